The van der Waals surface area contributed by atoms with Gasteiger partial charge in [-0.15, -0.1) is 11.3 Å². The van der Waals surface area contributed by atoms with Gasteiger partial charge in [0.15, 0.2) is 5.16 Å². The highest BCUT2D eigenvalue weighted by molar-refractivity contribution is 7.99. The second kappa shape index (κ2) is 5.25. The summed E-state index contributed by atoms with van der Waals surface area (Å²) in [5, 5.41) is 3.41. The SMILES string of the molecule is Cc1ccsc1C(Sc1nccn1C)C(C)N. The summed E-state index contributed by atoms with van der Waals surface area (Å²) in [6.07, 6.45) is 3.78. The highest BCUT2D eigenvalue weighted by Gasteiger charge is 2.22. The van der Waals surface area contributed by atoms with Gasteiger partial charge in [0.25, 0.3) is 0 Å². The van der Waals surface area contributed by atoms with Crippen LogP contribution in [0.5, 0.6) is 0 Å². The number of rotatable bonds is 4. The molecule has 0 radical (unpaired) electrons. The fourth-order valence-corrected chi connectivity index (χ4v) is 4.07. The van der Waals surface area contributed by atoms with Gasteiger partial charge in [-0.05, 0) is 30.9 Å². The second-order valence-electron chi connectivity index (χ2n) is 4.19. The maximum atomic E-state index is 6.11. The Labute approximate surface area is 110 Å². The summed E-state index contributed by atoms with van der Waals surface area (Å²) in [7, 11) is 2.01. The maximum Gasteiger partial charge on any atom is 0.168 e. The molecule has 2 aromatic heterocycles. The van der Waals surface area contributed by atoms with Gasteiger partial charge in [0.05, 0.1) is 5.25 Å². The van der Waals surface area contributed by atoms with E-state index in [1.165, 1.54) is 10.4 Å². The summed E-state index contributed by atoms with van der Waals surface area (Å²) in [5.74, 6) is 0. The third-order valence-electron chi connectivity index (χ3n) is 2.65. The van der Waals surface area contributed by atoms with Crippen LogP contribution in [0.15, 0.2) is 29.0 Å². The molecule has 0 fully saturated rings. The van der Waals surface area contributed by atoms with Crippen molar-refractivity contribution in [3.05, 3.63) is 34.3 Å². The molecular formula is C12H17N3S2. The molecule has 0 spiro atoms. The van der Waals surface area contributed by atoms with Crippen molar-refractivity contribution in [3.8, 4) is 0 Å². The molecule has 0 saturated carbocycles. The van der Waals surface area contributed by atoms with Gasteiger partial charge in [-0.1, -0.05) is 11.8 Å². The van der Waals surface area contributed by atoms with Crippen molar-refractivity contribution in [1.82, 2.24) is 9.55 Å². The van der Waals surface area contributed by atoms with Crippen LogP contribution in [0.25, 0.3) is 0 Å². The Balaban J connectivity index is 2.25. The number of nitrogens with two attached hydrogens (primary N) is 1. The zero-order chi connectivity index (χ0) is 12.4. The van der Waals surface area contributed by atoms with E-state index in [0.29, 0.717) is 0 Å². The summed E-state index contributed by atoms with van der Waals surface area (Å²) in [6.45, 7) is 4.19. The lowest BCUT2D eigenvalue weighted by molar-refractivity contribution is 0.715. The summed E-state index contributed by atoms with van der Waals surface area (Å²) in [5.41, 5.74) is 7.43. The zero-order valence-electron chi connectivity index (χ0n) is 10.3. The predicted molar refractivity (Wildman–Crippen MR) is 74.5 cm³/mol. The van der Waals surface area contributed by atoms with Crippen LogP contribution in [0.4, 0.5) is 0 Å². The topological polar surface area (TPSA) is 43.8 Å². The molecule has 0 bridgehead atoms. The number of thioether (sulfide) groups is 1. The molecule has 0 aromatic carbocycles. The third-order valence-corrected chi connectivity index (χ3v) is 5.42. The van der Waals surface area contributed by atoms with Crippen LogP contribution in [-0.2, 0) is 7.05 Å². The number of aryl methyl sites for hydroxylation is 2. The van der Waals surface area contributed by atoms with E-state index >= 15 is 0 Å². The van der Waals surface area contributed by atoms with Crippen molar-refractivity contribution in [2.75, 3.05) is 0 Å². The van der Waals surface area contributed by atoms with Crippen molar-refractivity contribution < 1.29 is 0 Å². The van der Waals surface area contributed by atoms with Crippen LogP contribution in [0.1, 0.15) is 22.6 Å². The molecule has 0 saturated heterocycles. The average molecular weight is 267 g/mol. The van der Waals surface area contributed by atoms with Crippen molar-refractivity contribution in [3.63, 3.8) is 0 Å². The molecule has 2 rings (SSSR count). The molecule has 17 heavy (non-hydrogen) atoms. The van der Waals surface area contributed by atoms with E-state index in [9.17, 15) is 0 Å². The van der Waals surface area contributed by atoms with Gasteiger partial charge in [0.1, 0.15) is 0 Å². The lowest BCUT2D eigenvalue weighted by Gasteiger charge is -2.19. The lowest BCUT2D eigenvalue weighted by atomic mass is 10.1. The molecule has 2 atom stereocenters. The van der Waals surface area contributed by atoms with E-state index in [4.69, 9.17) is 5.73 Å². The molecular weight excluding hydrogens is 250 g/mol. The predicted octanol–water partition coefficient (Wildman–Crippen LogP) is 2.97. The molecule has 2 heterocycles. The van der Waals surface area contributed by atoms with Gasteiger partial charge in [0, 0.05) is 30.4 Å². The lowest BCUT2D eigenvalue weighted by Crippen LogP contribution is -2.22. The van der Waals surface area contributed by atoms with Gasteiger partial charge in [-0.3, -0.25) is 0 Å². The number of thiophene rings is 1. The fourth-order valence-electron chi connectivity index (χ4n) is 1.65. The minimum atomic E-state index is 0.106. The third kappa shape index (κ3) is 2.73. The Morgan fingerprint density at radius 2 is 2.29 bits per heavy atom. The average Bonchev–Trinajstić information content (AvgIpc) is 2.84. The van der Waals surface area contributed by atoms with Crippen LogP contribution in [0, 0.1) is 6.92 Å². The second-order valence-corrected chi connectivity index (χ2v) is 6.24. The molecule has 0 aliphatic rings. The molecule has 0 aliphatic heterocycles. The van der Waals surface area contributed by atoms with Gasteiger partial charge >= 0.3 is 0 Å². The van der Waals surface area contributed by atoms with Crippen molar-refractivity contribution in [1.29, 1.82) is 0 Å². The van der Waals surface area contributed by atoms with Crippen molar-refractivity contribution >= 4 is 23.1 Å². The molecule has 92 valence electrons. The van der Waals surface area contributed by atoms with Crippen LogP contribution >= 0.6 is 23.1 Å². The normalized spacial score (nSPS) is 14.8. The Morgan fingerprint density at radius 3 is 2.76 bits per heavy atom. The van der Waals surface area contributed by atoms with Gasteiger partial charge < -0.3 is 10.3 Å². The molecule has 0 amide bonds. The first-order valence-electron chi connectivity index (χ1n) is 5.53. The van der Waals surface area contributed by atoms with Gasteiger partial charge in [0.2, 0.25) is 0 Å². The number of hydrogen-bond donors (Lipinski definition) is 1. The Bertz CT molecular complexity index is 487. The van der Waals surface area contributed by atoms with Crippen LogP contribution in [0.2, 0.25) is 0 Å². The summed E-state index contributed by atoms with van der Waals surface area (Å²) >= 11 is 3.52. The standard InChI is InChI=1S/C12H17N3S2/c1-8-4-7-16-10(8)11(9(2)13)17-12-14-5-6-15(12)3/h4-7,9,11H,13H2,1-3H3. The van der Waals surface area contributed by atoms with Crippen LogP contribution in [-0.4, -0.2) is 15.6 Å². The summed E-state index contributed by atoms with van der Waals surface area (Å²) < 4.78 is 2.03. The number of hydrogen-bond acceptors (Lipinski definition) is 4. The molecule has 3 nitrogen and oxygen atoms in total. The van der Waals surface area contributed by atoms with E-state index in [-0.39, 0.29) is 11.3 Å². The quantitative estimate of drug-likeness (QED) is 0.866. The first kappa shape index (κ1) is 12.7. The van der Waals surface area contributed by atoms with E-state index in [1.807, 2.05) is 24.0 Å². The highest BCUT2D eigenvalue weighted by Crippen LogP contribution is 2.39. The van der Waals surface area contributed by atoms with E-state index in [2.05, 4.69) is 30.3 Å². The maximum absolute atomic E-state index is 6.11. The highest BCUT2D eigenvalue weighted by atomic mass is 32.2. The van der Waals surface area contributed by atoms with Gasteiger partial charge in [-0.25, -0.2) is 4.98 Å². The molecule has 2 N–H and O–H groups in total. The van der Waals surface area contributed by atoms with Crippen molar-refractivity contribution in [2.24, 2.45) is 12.8 Å². The summed E-state index contributed by atoms with van der Waals surface area (Å²) in [4.78, 5) is 5.71. The number of nitrogens with zero attached hydrogens (tertiary/aromatic N) is 2. The molecule has 0 aliphatic carbocycles. The monoisotopic (exact) mass is 267 g/mol. The Kier molecular flexibility index (Phi) is 3.91. The van der Waals surface area contributed by atoms with E-state index in [0.717, 1.165) is 5.16 Å². The number of aromatic nitrogens is 2. The van der Waals surface area contributed by atoms with Crippen molar-refractivity contribution in [2.45, 2.75) is 30.3 Å². The minimum absolute atomic E-state index is 0.106. The Hall–Kier alpha value is -0.780. The minimum Gasteiger partial charge on any atom is -0.329 e. The molecule has 2 aromatic rings. The van der Waals surface area contributed by atoms with Crippen LogP contribution < -0.4 is 5.73 Å². The van der Waals surface area contributed by atoms with Gasteiger partial charge in [-0.2, -0.15) is 0 Å². The summed E-state index contributed by atoms with van der Waals surface area (Å²) in [6, 6.07) is 2.25. The first-order valence-corrected chi connectivity index (χ1v) is 7.29. The van der Waals surface area contributed by atoms with E-state index < -0.39 is 0 Å². The molecule has 2 unspecified atom stereocenters. The van der Waals surface area contributed by atoms with Crippen LogP contribution in [0.3, 0.4) is 0 Å². The smallest absolute Gasteiger partial charge is 0.168 e. The Morgan fingerprint density at radius 1 is 1.53 bits per heavy atom. The zero-order valence-corrected chi connectivity index (χ0v) is 11.9. The fraction of sp³-hybridized carbons (Fsp3) is 0.417. The largest absolute Gasteiger partial charge is 0.329 e. The number of imidazole rings is 1. The molecule has 5 heteroatoms. The first-order chi connectivity index (χ1) is 8.09. The van der Waals surface area contributed by atoms with E-state index in [1.54, 1.807) is 23.1 Å².